The lowest BCUT2D eigenvalue weighted by Crippen LogP contribution is -2.56. The number of fused-ring (bicyclic) bond motifs is 9. The first-order valence-corrected chi connectivity index (χ1v) is 21.5. The summed E-state index contributed by atoms with van der Waals surface area (Å²) < 4.78 is 26.0. The van der Waals surface area contributed by atoms with Gasteiger partial charge in [0.1, 0.15) is 23.7 Å². The molecular weight excluding hydrogens is 725 g/mol. The first-order chi connectivity index (χ1) is 28.5. The van der Waals surface area contributed by atoms with Crippen molar-refractivity contribution < 1.29 is 18.9 Å². The van der Waals surface area contributed by atoms with Crippen molar-refractivity contribution in [3.8, 4) is 23.3 Å². The molecule has 10 atom stereocenters. The van der Waals surface area contributed by atoms with E-state index in [4.69, 9.17) is 39.1 Å². The molecule has 10 heteroatoms. The fourth-order valence-corrected chi connectivity index (χ4v) is 11.1. The van der Waals surface area contributed by atoms with Gasteiger partial charge in [-0.15, -0.1) is 10.2 Å². The summed E-state index contributed by atoms with van der Waals surface area (Å²) in [6, 6.07) is 25.1. The normalized spacial score (nSPS) is 27.4. The highest BCUT2D eigenvalue weighted by Gasteiger charge is 2.46. The number of ether oxygens (including phenoxy) is 4. The van der Waals surface area contributed by atoms with Gasteiger partial charge in [-0.2, -0.15) is 0 Å². The van der Waals surface area contributed by atoms with Gasteiger partial charge in [-0.3, -0.25) is 19.8 Å². The van der Waals surface area contributed by atoms with Crippen LogP contribution >= 0.6 is 0 Å². The van der Waals surface area contributed by atoms with E-state index in [9.17, 15) is 0 Å². The van der Waals surface area contributed by atoms with Crippen molar-refractivity contribution in [2.45, 2.75) is 76.7 Å². The van der Waals surface area contributed by atoms with E-state index in [1.54, 1.807) is 14.2 Å². The number of piperidine rings is 6. The van der Waals surface area contributed by atoms with Crippen LogP contribution in [0, 0.1) is 23.7 Å². The number of rotatable bonds is 12. The molecule has 6 fully saturated rings. The Morgan fingerprint density at radius 2 is 1.07 bits per heavy atom. The van der Waals surface area contributed by atoms with E-state index >= 15 is 0 Å². The Balaban J connectivity index is 1.06. The molecule has 0 spiro atoms. The maximum absolute atomic E-state index is 7.30. The molecule has 9 heterocycles. The molecule has 12 rings (SSSR count). The summed E-state index contributed by atoms with van der Waals surface area (Å²) in [7, 11) is 3.42. The number of hydrogen-bond donors (Lipinski definition) is 0. The molecule has 10 nitrogen and oxygen atoms in total. The number of hydrogen-bond acceptors (Lipinski definition) is 10. The molecule has 3 aromatic heterocycles. The van der Waals surface area contributed by atoms with E-state index in [2.05, 4.69) is 72.2 Å². The van der Waals surface area contributed by atoms with E-state index in [1.807, 2.05) is 36.7 Å². The summed E-state index contributed by atoms with van der Waals surface area (Å²) in [6.45, 7) is 9.00. The monoisotopic (exact) mass is 778 g/mol. The molecule has 300 valence electrons. The predicted molar refractivity (Wildman–Crippen MR) is 227 cm³/mol. The molecule has 0 radical (unpaired) electrons. The van der Waals surface area contributed by atoms with Crippen molar-refractivity contribution in [3.05, 3.63) is 96.3 Å². The minimum Gasteiger partial charge on any atom is -0.497 e. The van der Waals surface area contributed by atoms with Crippen LogP contribution in [0.4, 0.5) is 0 Å². The summed E-state index contributed by atoms with van der Waals surface area (Å²) in [5.74, 6) is 5.39. The molecular formula is C48H54N6O4. The van der Waals surface area contributed by atoms with E-state index < -0.39 is 0 Å². The van der Waals surface area contributed by atoms with Crippen LogP contribution in [0.15, 0.2) is 85.2 Å². The lowest BCUT2D eigenvalue weighted by molar-refractivity contribution is -0.0505. The quantitative estimate of drug-likeness (QED) is 0.120. The smallest absolute Gasteiger partial charge is 0.242 e. The number of pyridine rings is 2. The lowest BCUT2D eigenvalue weighted by Gasteiger charge is -2.52. The van der Waals surface area contributed by atoms with Crippen LogP contribution in [-0.2, 0) is 0 Å². The maximum atomic E-state index is 7.30. The standard InChI is InChI=1S/C48H54N6O4/c1-5-29-27-53-21-17-31(29)23-43(53)45(35-15-19-49-41-13-11-33(55-3)25-39(35)41)57-47-37-9-7-8-10-38(37)48(52-51-47)58-46(44-24-32-18-22-54(44)28-30(32)6-2)36-16-20-50-42-14-12-34(56-4)26-40(36)42/h7-16,19-20,25-26,29-32,43-46H,5-6,17-18,21-24,27-28H2,1-4H3/t29-,30-,31+,32+,43-,44-,45+,46+/m0/s1. The molecule has 0 saturated carbocycles. The Kier molecular flexibility index (Phi) is 10.0. The predicted octanol–water partition coefficient (Wildman–Crippen LogP) is 9.22. The zero-order chi connectivity index (χ0) is 39.3. The van der Waals surface area contributed by atoms with Gasteiger partial charge in [0.05, 0.1) is 48.1 Å². The SMILES string of the molecule is CC[C@H]1CN2CC[C@@H]1C[C@H]2[C@H](Oc1nnc(O[C@H](c2ccnc3ccc(OC)cc23)[C@@H]2C[C@H]3CCN2C[C@@H]3CC)c2ccccc12)c1ccnc2ccc(OC)cc12. The van der Waals surface area contributed by atoms with Gasteiger partial charge in [0.15, 0.2) is 0 Å². The Hall–Kier alpha value is -5.06. The van der Waals surface area contributed by atoms with Crippen molar-refractivity contribution in [3.63, 3.8) is 0 Å². The second kappa shape index (κ2) is 15.6. The fourth-order valence-electron chi connectivity index (χ4n) is 11.1. The summed E-state index contributed by atoms with van der Waals surface area (Å²) >= 11 is 0. The zero-order valence-corrected chi connectivity index (χ0v) is 34.1. The third-order valence-electron chi connectivity index (χ3n) is 14.3. The van der Waals surface area contributed by atoms with Crippen LogP contribution in [0.3, 0.4) is 0 Å². The Labute approximate surface area is 340 Å². The minimum absolute atomic E-state index is 0.180. The van der Waals surface area contributed by atoms with Gasteiger partial charge in [0, 0.05) is 47.4 Å². The third kappa shape index (κ3) is 6.58. The molecule has 6 aromatic rings. The van der Waals surface area contributed by atoms with Gasteiger partial charge >= 0.3 is 0 Å². The molecule has 6 aliphatic rings. The first kappa shape index (κ1) is 37.2. The summed E-state index contributed by atoms with van der Waals surface area (Å²) in [4.78, 5) is 14.8. The largest absolute Gasteiger partial charge is 0.497 e. The van der Waals surface area contributed by atoms with Crippen molar-refractivity contribution in [1.82, 2.24) is 30.0 Å². The molecule has 0 aliphatic carbocycles. The molecule has 2 unspecified atom stereocenters. The van der Waals surface area contributed by atoms with E-state index in [0.29, 0.717) is 35.4 Å². The van der Waals surface area contributed by atoms with Gasteiger partial charge in [0.2, 0.25) is 11.8 Å². The maximum Gasteiger partial charge on any atom is 0.242 e. The highest BCUT2D eigenvalue weighted by atomic mass is 16.5. The van der Waals surface area contributed by atoms with Gasteiger partial charge in [-0.1, -0.05) is 38.8 Å². The van der Waals surface area contributed by atoms with E-state index in [0.717, 1.165) is 94.2 Å². The molecule has 58 heavy (non-hydrogen) atoms. The molecule has 6 aliphatic heterocycles. The summed E-state index contributed by atoms with van der Waals surface area (Å²) in [5.41, 5.74) is 4.01. The summed E-state index contributed by atoms with van der Waals surface area (Å²) in [5, 5.41) is 13.7. The van der Waals surface area contributed by atoms with Crippen LogP contribution in [0.5, 0.6) is 23.3 Å². The number of methoxy groups -OCH3 is 2. The molecule has 0 amide bonds. The first-order valence-electron chi connectivity index (χ1n) is 21.5. The van der Waals surface area contributed by atoms with Crippen molar-refractivity contribution >= 4 is 32.6 Å². The Morgan fingerprint density at radius 1 is 0.603 bits per heavy atom. The molecule has 0 N–H and O–H groups in total. The average molecular weight is 779 g/mol. The van der Waals surface area contributed by atoms with Gasteiger partial charge in [-0.25, -0.2) is 0 Å². The highest BCUT2D eigenvalue weighted by molar-refractivity contribution is 5.91. The topological polar surface area (TPSA) is 95.0 Å². The van der Waals surface area contributed by atoms with Crippen LogP contribution in [-0.4, -0.2) is 82.4 Å². The number of aromatic nitrogens is 4. The van der Waals surface area contributed by atoms with Crippen LogP contribution in [0.2, 0.25) is 0 Å². The van der Waals surface area contributed by atoms with E-state index in [-0.39, 0.29) is 24.3 Å². The van der Waals surface area contributed by atoms with Gasteiger partial charge in [0.25, 0.3) is 0 Å². The molecule has 4 bridgehead atoms. The average Bonchev–Trinajstić information content (AvgIpc) is 3.29. The highest BCUT2D eigenvalue weighted by Crippen LogP contribution is 2.47. The lowest BCUT2D eigenvalue weighted by atomic mass is 9.72. The minimum atomic E-state index is -0.300. The fraction of sp³-hybridized carbons (Fsp3) is 0.458. The molecule has 6 saturated heterocycles. The van der Waals surface area contributed by atoms with Crippen molar-refractivity contribution in [2.24, 2.45) is 23.7 Å². The van der Waals surface area contributed by atoms with Gasteiger partial charge < -0.3 is 18.9 Å². The van der Waals surface area contributed by atoms with E-state index in [1.165, 1.54) is 25.7 Å². The van der Waals surface area contributed by atoms with Crippen LogP contribution in [0.1, 0.15) is 75.7 Å². The second-order valence-corrected chi connectivity index (χ2v) is 17.0. The van der Waals surface area contributed by atoms with Crippen molar-refractivity contribution in [1.29, 1.82) is 0 Å². The van der Waals surface area contributed by atoms with Gasteiger partial charge in [-0.05, 0) is 123 Å². The van der Waals surface area contributed by atoms with Crippen molar-refractivity contribution in [2.75, 3.05) is 40.4 Å². The van der Waals surface area contributed by atoms with Crippen LogP contribution < -0.4 is 18.9 Å². The summed E-state index contributed by atoms with van der Waals surface area (Å²) in [6.07, 6.45) is 10.2. The van der Waals surface area contributed by atoms with Crippen LogP contribution in [0.25, 0.3) is 32.6 Å². The second-order valence-electron chi connectivity index (χ2n) is 17.0. The number of benzene rings is 3. The zero-order valence-electron chi connectivity index (χ0n) is 34.1. The molecule has 3 aromatic carbocycles. The number of nitrogens with zero attached hydrogens (tertiary/aromatic N) is 6. The Morgan fingerprint density at radius 3 is 1.47 bits per heavy atom. The Bertz CT molecular complexity index is 2280. The third-order valence-corrected chi connectivity index (χ3v) is 14.3.